The van der Waals surface area contributed by atoms with E-state index in [1.807, 2.05) is 0 Å². The molecule has 0 aliphatic carbocycles. The number of hydrogen-bond acceptors (Lipinski definition) is 1. The molecule has 0 fully saturated rings. The average molecular weight is 389 g/mol. The molecule has 0 spiro atoms. The number of hydrogen-bond donors (Lipinski definition) is 1. The van der Waals surface area contributed by atoms with Crippen molar-refractivity contribution in [1.82, 2.24) is 4.98 Å². The van der Waals surface area contributed by atoms with Crippen LogP contribution in [0.5, 0.6) is 0 Å². The first-order valence-electron chi connectivity index (χ1n) is 10.6. The first-order valence-corrected chi connectivity index (χ1v) is 10.6. The van der Waals surface area contributed by atoms with Gasteiger partial charge in [-0.05, 0) is 35.7 Å². The molecule has 0 amide bonds. The molecule has 2 heterocycles. The molecule has 6 rings (SSSR count). The second kappa shape index (κ2) is 6.24. The number of likely N-dealkylation sites (N-methyl/N-ethyl adjacent to an activating group) is 1. The van der Waals surface area contributed by atoms with Crippen molar-refractivity contribution in [3.05, 3.63) is 114 Å². The molecule has 2 heteroatoms. The molecule has 0 radical (unpaired) electrons. The summed E-state index contributed by atoms with van der Waals surface area (Å²) < 4.78 is 0. The van der Waals surface area contributed by atoms with Gasteiger partial charge in [0.2, 0.25) is 0 Å². The molecular weight excluding hydrogens is 364 g/mol. The Kier molecular flexibility index (Phi) is 3.61. The molecule has 5 aromatic rings. The Hall–Kier alpha value is -3.52. The van der Waals surface area contributed by atoms with E-state index in [0.717, 1.165) is 0 Å². The number of benzene rings is 4. The first kappa shape index (κ1) is 17.3. The standard InChI is InChI=1S/C28H24N2/c1-28(20-13-7-4-8-14-20)22-17-18-24-25(21-15-9-10-16-23(21)29-24)26(22)30(2)27(28)19-11-5-3-6-12-19/h3-18,27,29H,1-2H3. The second-order valence-corrected chi connectivity index (χ2v) is 8.55. The quantitative estimate of drug-likeness (QED) is 0.352. The van der Waals surface area contributed by atoms with Crippen LogP contribution in [0, 0.1) is 0 Å². The molecule has 2 unspecified atom stereocenters. The number of anilines is 1. The highest BCUT2D eigenvalue weighted by atomic mass is 15.2. The summed E-state index contributed by atoms with van der Waals surface area (Å²) in [5.74, 6) is 0. The van der Waals surface area contributed by atoms with Crippen molar-refractivity contribution in [2.24, 2.45) is 0 Å². The topological polar surface area (TPSA) is 19.0 Å². The Morgan fingerprint density at radius 3 is 2.17 bits per heavy atom. The summed E-state index contributed by atoms with van der Waals surface area (Å²) in [7, 11) is 2.26. The fourth-order valence-electron chi connectivity index (χ4n) is 5.66. The number of aromatic amines is 1. The summed E-state index contributed by atoms with van der Waals surface area (Å²) in [4.78, 5) is 6.12. The lowest BCUT2D eigenvalue weighted by Gasteiger charge is -2.36. The summed E-state index contributed by atoms with van der Waals surface area (Å²) in [6.07, 6.45) is 0. The summed E-state index contributed by atoms with van der Waals surface area (Å²) in [6.45, 7) is 2.41. The van der Waals surface area contributed by atoms with Crippen LogP contribution in [0.3, 0.4) is 0 Å². The van der Waals surface area contributed by atoms with E-state index in [9.17, 15) is 0 Å². The lowest BCUT2D eigenvalue weighted by Crippen LogP contribution is -2.34. The van der Waals surface area contributed by atoms with E-state index in [4.69, 9.17) is 0 Å². The maximum atomic E-state index is 3.62. The SMILES string of the molecule is CN1c2c(ccc3[nH]c4ccccc4c23)C(C)(c2ccccc2)C1c1ccccc1. The van der Waals surface area contributed by atoms with E-state index in [1.54, 1.807) is 0 Å². The Labute approximate surface area is 176 Å². The molecule has 30 heavy (non-hydrogen) atoms. The molecular formula is C28H24N2. The van der Waals surface area contributed by atoms with Gasteiger partial charge in [-0.25, -0.2) is 0 Å². The van der Waals surface area contributed by atoms with Gasteiger partial charge < -0.3 is 9.88 Å². The summed E-state index contributed by atoms with van der Waals surface area (Å²) in [6, 6.07) is 35.4. The van der Waals surface area contributed by atoms with Crippen molar-refractivity contribution in [3.8, 4) is 0 Å². The van der Waals surface area contributed by atoms with Crippen molar-refractivity contribution >= 4 is 27.5 Å². The number of aromatic nitrogens is 1. The minimum atomic E-state index is -0.154. The highest BCUT2D eigenvalue weighted by Gasteiger charge is 2.49. The number of H-pyrrole nitrogens is 1. The largest absolute Gasteiger partial charge is 0.365 e. The van der Waals surface area contributed by atoms with Crippen LogP contribution in [0.4, 0.5) is 5.69 Å². The zero-order valence-corrected chi connectivity index (χ0v) is 17.3. The van der Waals surface area contributed by atoms with Gasteiger partial charge in [0.05, 0.1) is 11.7 Å². The number of fused-ring (bicyclic) bond motifs is 5. The minimum absolute atomic E-state index is 0.154. The maximum Gasteiger partial charge on any atom is 0.0674 e. The highest BCUT2D eigenvalue weighted by Crippen LogP contribution is 2.58. The fourth-order valence-corrected chi connectivity index (χ4v) is 5.66. The van der Waals surface area contributed by atoms with Crippen molar-refractivity contribution in [1.29, 1.82) is 0 Å². The van der Waals surface area contributed by atoms with Crippen LogP contribution in [0.1, 0.15) is 29.7 Å². The molecule has 1 aliphatic rings. The van der Waals surface area contributed by atoms with Crippen molar-refractivity contribution in [3.63, 3.8) is 0 Å². The number of nitrogens with one attached hydrogen (secondary N) is 1. The van der Waals surface area contributed by atoms with Crippen molar-refractivity contribution in [2.45, 2.75) is 18.4 Å². The molecule has 1 aliphatic heterocycles. The molecule has 1 N–H and O–H groups in total. The Balaban J connectivity index is 1.73. The van der Waals surface area contributed by atoms with Gasteiger partial charge in [-0.1, -0.05) is 84.9 Å². The van der Waals surface area contributed by atoms with E-state index >= 15 is 0 Å². The van der Waals surface area contributed by atoms with E-state index in [1.165, 1.54) is 44.2 Å². The minimum Gasteiger partial charge on any atom is -0.365 e. The molecule has 1 aromatic heterocycles. The van der Waals surface area contributed by atoms with Crippen LogP contribution in [0.25, 0.3) is 21.8 Å². The van der Waals surface area contributed by atoms with E-state index in [2.05, 4.69) is 121 Å². The van der Waals surface area contributed by atoms with Crippen LogP contribution in [-0.2, 0) is 5.41 Å². The Morgan fingerprint density at radius 1 is 0.733 bits per heavy atom. The van der Waals surface area contributed by atoms with Crippen LogP contribution in [-0.4, -0.2) is 12.0 Å². The molecule has 4 aromatic carbocycles. The Bertz CT molecular complexity index is 1370. The molecule has 0 bridgehead atoms. The first-order chi connectivity index (χ1) is 14.7. The predicted molar refractivity (Wildman–Crippen MR) is 126 cm³/mol. The van der Waals surface area contributed by atoms with Crippen molar-refractivity contribution < 1.29 is 0 Å². The molecule has 2 nitrogen and oxygen atoms in total. The third-order valence-corrected chi connectivity index (χ3v) is 6.98. The van der Waals surface area contributed by atoms with Crippen LogP contribution in [0.15, 0.2) is 97.1 Å². The van der Waals surface area contributed by atoms with Crippen molar-refractivity contribution in [2.75, 3.05) is 11.9 Å². The molecule has 2 atom stereocenters. The van der Waals surface area contributed by atoms with E-state index in [-0.39, 0.29) is 11.5 Å². The second-order valence-electron chi connectivity index (χ2n) is 8.55. The van der Waals surface area contributed by atoms with E-state index < -0.39 is 0 Å². The van der Waals surface area contributed by atoms with Crippen LogP contribution >= 0.6 is 0 Å². The zero-order valence-electron chi connectivity index (χ0n) is 17.3. The number of rotatable bonds is 2. The number of para-hydroxylation sites is 1. The molecule has 0 saturated heterocycles. The summed E-state index contributed by atoms with van der Waals surface area (Å²) in [5, 5.41) is 2.62. The molecule has 0 saturated carbocycles. The monoisotopic (exact) mass is 388 g/mol. The lowest BCUT2D eigenvalue weighted by molar-refractivity contribution is 0.476. The third-order valence-electron chi connectivity index (χ3n) is 6.98. The van der Waals surface area contributed by atoms with Gasteiger partial charge >= 0.3 is 0 Å². The van der Waals surface area contributed by atoms with Gasteiger partial charge in [0.1, 0.15) is 0 Å². The van der Waals surface area contributed by atoms with Gasteiger partial charge in [0.15, 0.2) is 0 Å². The Morgan fingerprint density at radius 2 is 1.40 bits per heavy atom. The van der Waals surface area contributed by atoms with Crippen LogP contribution in [0.2, 0.25) is 0 Å². The lowest BCUT2D eigenvalue weighted by atomic mass is 9.70. The zero-order chi connectivity index (χ0) is 20.3. The maximum absolute atomic E-state index is 3.62. The third kappa shape index (κ3) is 2.19. The van der Waals surface area contributed by atoms with Gasteiger partial charge in [-0.3, -0.25) is 0 Å². The van der Waals surface area contributed by atoms with Gasteiger partial charge in [-0.15, -0.1) is 0 Å². The van der Waals surface area contributed by atoms with Crippen LogP contribution < -0.4 is 4.90 Å². The smallest absolute Gasteiger partial charge is 0.0674 e. The fraction of sp³-hybridized carbons (Fsp3) is 0.143. The summed E-state index contributed by atoms with van der Waals surface area (Å²) in [5.41, 5.74) is 7.66. The van der Waals surface area contributed by atoms with Gasteiger partial charge in [0.25, 0.3) is 0 Å². The molecule has 146 valence electrons. The van der Waals surface area contributed by atoms with E-state index in [0.29, 0.717) is 0 Å². The predicted octanol–water partition coefficient (Wildman–Crippen LogP) is 6.82. The van der Waals surface area contributed by atoms with Gasteiger partial charge in [0, 0.05) is 34.3 Å². The number of nitrogens with zero attached hydrogens (tertiary/aromatic N) is 1. The summed E-state index contributed by atoms with van der Waals surface area (Å²) >= 11 is 0. The van der Waals surface area contributed by atoms with Gasteiger partial charge in [-0.2, -0.15) is 0 Å². The normalized spacial score (nSPS) is 20.7. The average Bonchev–Trinajstić information content (AvgIpc) is 3.28. The highest BCUT2D eigenvalue weighted by molar-refractivity contribution is 6.15.